The Balaban J connectivity index is 1.51. The molecular formula is C26H30ClF3N4O3. The van der Waals surface area contributed by atoms with Crippen LogP contribution in [0.1, 0.15) is 26.7 Å². The van der Waals surface area contributed by atoms with E-state index in [4.69, 9.17) is 16.3 Å². The van der Waals surface area contributed by atoms with E-state index in [-0.39, 0.29) is 37.0 Å². The largest absolute Gasteiger partial charge is 0.492 e. The summed E-state index contributed by atoms with van der Waals surface area (Å²) in [6.07, 6.45) is -0.0295. The third-order valence-electron chi connectivity index (χ3n) is 6.33. The number of ether oxygens (including phenoxy) is 1. The number of nitrogens with one attached hydrogen (secondary N) is 1. The van der Waals surface area contributed by atoms with E-state index in [0.29, 0.717) is 53.7 Å². The number of likely N-dealkylation sites (tertiary alicyclic amines) is 1. The molecule has 1 aliphatic heterocycles. The fourth-order valence-electron chi connectivity index (χ4n) is 4.59. The fraction of sp³-hybridized carbons (Fsp3) is 0.462. The normalized spacial score (nSPS) is 16.6. The van der Waals surface area contributed by atoms with Gasteiger partial charge in [0.25, 0.3) is 5.56 Å². The van der Waals surface area contributed by atoms with Crippen molar-refractivity contribution in [2.45, 2.75) is 45.5 Å². The second kappa shape index (κ2) is 11.2. The molecule has 1 fully saturated rings. The lowest BCUT2D eigenvalue weighted by molar-refractivity contribution is -0.170. The first-order valence-corrected chi connectivity index (χ1v) is 12.6. The van der Waals surface area contributed by atoms with E-state index in [1.165, 1.54) is 4.57 Å². The van der Waals surface area contributed by atoms with Gasteiger partial charge in [-0.1, -0.05) is 23.7 Å². The highest BCUT2D eigenvalue weighted by Gasteiger charge is 2.43. The van der Waals surface area contributed by atoms with Crippen LogP contribution in [0.3, 0.4) is 0 Å². The highest BCUT2D eigenvalue weighted by Crippen LogP contribution is 2.33. The number of aromatic nitrogens is 2. The van der Waals surface area contributed by atoms with E-state index in [0.717, 1.165) is 0 Å². The molecule has 1 saturated heterocycles. The summed E-state index contributed by atoms with van der Waals surface area (Å²) in [7, 11) is 0. The summed E-state index contributed by atoms with van der Waals surface area (Å²) >= 11 is 6.18. The first-order chi connectivity index (χ1) is 17.5. The molecule has 1 unspecified atom stereocenters. The van der Waals surface area contributed by atoms with Crippen LogP contribution < -0.4 is 15.6 Å². The summed E-state index contributed by atoms with van der Waals surface area (Å²) in [5, 5.41) is 3.31. The quantitative estimate of drug-likeness (QED) is 0.404. The van der Waals surface area contributed by atoms with Gasteiger partial charge in [-0.2, -0.15) is 13.2 Å². The Kier molecular flexibility index (Phi) is 8.18. The van der Waals surface area contributed by atoms with Crippen molar-refractivity contribution in [3.05, 3.63) is 58.1 Å². The second-order valence-electron chi connectivity index (χ2n) is 9.64. The van der Waals surface area contributed by atoms with Crippen LogP contribution in [0, 0.1) is 5.92 Å². The fourth-order valence-corrected chi connectivity index (χ4v) is 4.78. The van der Waals surface area contributed by atoms with E-state index >= 15 is 0 Å². The zero-order valence-corrected chi connectivity index (χ0v) is 21.5. The molecule has 1 amide bonds. The van der Waals surface area contributed by atoms with Gasteiger partial charge >= 0.3 is 6.18 Å². The number of rotatable bonds is 9. The topological polar surface area (TPSA) is 68.0 Å². The predicted octanol–water partition coefficient (Wildman–Crippen LogP) is 4.60. The van der Waals surface area contributed by atoms with Crippen LogP contribution in [0.2, 0.25) is 5.02 Å². The Labute approximate surface area is 217 Å². The van der Waals surface area contributed by atoms with Crippen molar-refractivity contribution in [3.8, 4) is 17.0 Å². The highest BCUT2D eigenvalue weighted by atomic mass is 35.5. The third kappa shape index (κ3) is 6.67. The predicted molar refractivity (Wildman–Crippen MR) is 136 cm³/mol. The lowest BCUT2D eigenvalue weighted by atomic mass is 10.1. The minimum absolute atomic E-state index is 0.0236. The van der Waals surface area contributed by atoms with Gasteiger partial charge < -0.3 is 19.4 Å². The van der Waals surface area contributed by atoms with Crippen LogP contribution in [0.15, 0.2) is 47.5 Å². The van der Waals surface area contributed by atoms with E-state index in [1.54, 1.807) is 46.0 Å². The van der Waals surface area contributed by atoms with Crippen LogP contribution in [-0.2, 0) is 11.3 Å². The number of amides is 1. The molecule has 7 nitrogen and oxygen atoms in total. The van der Waals surface area contributed by atoms with Crippen LogP contribution in [0.25, 0.3) is 16.8 Å². The van der Waals surface area contributed by atoms with Gasteiger partial charge in [0.1, 0.15) is 17.8 Å². The smallest absolute Gasteiger partial charge is 0.393 e. The van der Waals surface area contributed by atoms with E-state index in [1.807, 2.05) is 19.9 Å². The molecule has 1 aliphatic rings. The van der Waals surface area contributed by atoms with E-state index in [2.05, 4.69) is 5.32 Å². The molecule has 0 spiro atoms. The number of alkyl halides is 3. The molecule has 11 heteroatoms. The number of nitrogens with zero attached hydrogens (tertiary/aromatic N) is 3. The zero-order valence-electron chi connectivity index (χ0n) is 20.7. The maximum atomic E-state index is 13.4. The SMILES string of the molecule is CC(C)NC(=O)Cn1c(-c2cccc(Cl)c2)cn2cc(OCCCN3CCC(C(F)(F)F)C3)cc2c1=O. The van der Waals surface area contributed by atoms with Gasteiger partial charge in [0, 0.05) is 42.0 Å². The molecule has 3 aromatic rings. The Morgan fingerprint density at radius 1 is 1.24 bits per heavy atom. The molecule has 0 saturated carbocycles. The minimum atomic E-state index is -4.15. The van der Waals surface area contributed by atoms with Crippen LogP contribution in [0.5, 0.6) is 5.75 Å². The molecule has 1 aromatic carbocycles. The van der Waals surface area contributed by atoms with Gasteiger partial charge in [-0.15, -0.1) is 0 Å². The monoisotopic (exact) mass is 538 g/mol. The molecule has 4 rings (SSSR count). The molecule has 200 valence electrons. The van der Waals surface area contributed by atoms with Gasteiger partial charge in [-0.25, -0.2) is 0 Å². The Morgan fingerprint density at radius 2 is 2.03 bits per heavy atom. The van der Waals surface area contributed by atoms with Crippen molar-refractivity contribution in [2.24, 2.45) is 5.92 Å². The highest BCUT2D eigenvalue weighted by molar-refractivity contribution is 6.30. The summed E-state index contributed by atoms with van der Waals surface area (Å²) in [4.78, 5) is 27.8. The van der Waals surface area contributed by atoms with Crippen molar-refractivity contribution in [3.63, 3.8) is 0 Å². The number of carbonyl (C=O) groups excluding carboxylic acids is 1. The molecule has 3 heterocycles. The molecule has 0 bridgehead atoms. The van der Waals surface area contributed by atoms with Gasteiger partial charge in [0.05, 0.1) is 24.4 Å². The van der Waals surface area contributed by atoms with Gasteiger partial charge in [0.2, 0.25) is 5.91 Å². The summed E-state index contributed by atoms with van der Waals surface area (Å²) in [6.45, 7) is 4.79. The number of halogens is 4. The summed E-state index contributed by atoms with van der Waals surface area (Å²) in [6, 6.07) is 8.57. The maximum Gasteiger partial charge on any atom is 0.393 e. The second-order valence-corrected chi connectivity index (χ2v) is 10.1. The van der Waals surface area contributed by atoms with Crippen LogP contribution in [-0.4, -0.2) is 58.2 Å². The summed E-state index contributed by atoms with van der Waals surface area (Å²) in [5.74, 6) is -1.08. The number of hydrogen-bond acceptors (Lipinski definition) is 4. The molecule has 1 atom stereocenters. The minimum Gasteiger partial charge on any atom is -0.492 e. The maximum absolute atomic E-state index is 13.4. The number of fused-ring (bicyclic) bond motifs is 1. The average molecular weight is 539 g/mol. The van der Waals surface area contributed by atoms with Crippen molar-refractivity contribution >= 4 is 23.0 Å². The van der Waals surface area contributed by atoms with Crippen molar-refractivity contribution in [2.75, 3.05) is 26.2 Å². The zero-order chi connectivity index (χ0) is 26.7. The third-order valence-corrected chi connectivity index (χ3v) is 6.57. The van der Waals surface area contributed by atoms with E-state index in [9.17, 15) is 22.8 Å². The van der Waals surface area contributed by atoms with Crippen LogP contribution >= 0.6 is 11.6 Å². The number of carbonyl (C=O) groups is 1. The van der Waals surface area contributed by atoms with Gasteiger partial charge in [0.15, 0.2) is 0 Å². The molecule has 0 aliphatic carbocycles. The lowest BCUT2D eigenvalue weighted by Gasteiger charge is -2.17. The molecule has 2 aromatic heterocycles. The van der Waals surface area contributed by atoms with Crippen molar-refractivity contribution < 1.29 is 22.7 Å². The number of benzene rings is 1. The van der Waals surface area contributed by atoms with Crippen LogP contribution in [0.4, 0.5) is 13.2 Å². The standard InChI is InChI=1S/C26H30ClF3N4O3/c1-17(2)31-24(35)16-34-23(18-5-3-6-20(27)11-18)15-33-14-21(12-22(33)25(34)36)37-10-4-8-32-9-7-19(13-32)26(28,29)30/h3,5-6,11-12,14-15,17,19H,4,7-10,13,16H2,1-2H3,(H,31,35). The molecule has 37 heavy (non-hydrogen) atoms. The number of hydrogen-bond donors (Lipinski definition) is 1. The van der Waals surface area contributed by atoms with Crippen molar-refractivity contribution in [1.82, 2.24) is 19.2 Å². The molecule has 1 N–H and O–H groups in total. The van der Waals surface area contributed by atoms with E-state index < -0.39 is 12.1 Å². The summed E-state index contributed by atoms with van der Waals surface area (Å²) in [5.41, 5.74) is 1.18. The first-order valence-electron chi connectivity index (χ1n) is 12.2. The van der Waals surface area contributed by atoms with Crippen molar-refractivity contribution in [1.29, 1.82) is 0 Å². The Hall–Kier alpha value is -2.98. The van der Waals surface area contributed by atoms with Gasteiger partial charge in [-0.05, 0) is 45.4 Å². The average Bonchev–Trinajstić information content (AvgIpc) is 3.45. The first kappa shape index (κ1) is 27.1. The van der Waals surface area contributed by atoms with Gasteiger partial charge in [-0.3, -0.25) is 14.2 Å². The Morgan fingerprint density at radius 3 is 2.70 bits per heavy atom. The summed E-state index contributed by atoms with van der Waals surface area (Å²) < 4.78 is 47.5. The lowest BCUT2D eigenvalue weighted by Crippen LogP contribution is -2.36. The molecule has 0 radical (unpaired) electrons. The molecular weight excluding hydrogens is 509 g/mol. The Bertz CT molecular complexity index is 1320.